The van der Waals surface area contributed by atoms with Crippen LogP contribution in [0, 0.1) is 11.7 Å². The number of hydrogen-bond donors (Lipinski definition) is 0. The van der Waals surface area contributed by atoms with E-state index in [0.717, 1.165) is 30.5 Å². The Bertz CT molecular complexity index is 876. The molecule has 2 aromatic carbocycles. The van der Waals surface area contributed by atoms with Gasteiger partial charge in [-0.2, -0.15) is 0 Å². The lowest BCUT2D eigenvalue weighted by atomic mass is 9.92. The Morgan fingerprint density at radius 3 is 2.52 bits per heavy atom. The molecule has 0 radical (unpaired) electrons. The highest BCUT2D eigenvalue weighted by Gasteiger charge is 2.32. The minimum atomic E-state index is -0.250. The number of nitrogens with zero attached hydrogens (tertiary/aromatic N) is 2. The largest absolute Gasteiger partial charge is 0.343 e. The second-order valence-electron chi connectivity index (χ2n) is 8.01. The summed E-state index contributed by atoms with van der Waals surface area (Å²) in [6, 6.07) is 14.7. The molecule has 5 heteroatoms. The lowest BCUT2D eigenvalue weighted by molar-refractivity contribution is -0.134. The van der Waals surface area contributed by atoms with Gasteiger partial charge >= 0.3 is 0 Å². The molecule has 0 saturated carbocycles. The Hall–Kier alpha value is -2.69. The highest BCUT2D eigenvalue weighted by molar-refractivity contribution is 5.96. The first kappa shape index (κ1) is 19.6. The molecule has 2 heterocycles. The van der Waals surface area contributed by atoms with Crippen molar-refractivity contribution in [3.63, 3.8) is 0 Å². The van der Waals surface area contributed by atoms with E-state index < -0.39 is 0 Å². The van der Waals surface area contributed by atoms with Crippen LogP contribution in [0.15, 0.2) is 48.5 Å². The number of likely N-dealkylation sites (tertiary alicyclic amines) is 1. The van der Waals surface area contributed by atoms with Crippen molar-refractivity contribution in [2.24, 2.45) is 5.92 Å². The Morgan fingerprint density at radius 1 is 1.00 bits per heavy atom. The molecule has 4 nitrogen and oxygen atoms in total. The summed E-state index contributed by atoms with van der Waals surface area (Å²) in [5.74, 6) is -0.0305. The molecular formula is C24H27FN2O2. The van der Waals surface area contributed by atoms with Gasteiger partial charge in [-0.15, -0.1) is 0 Å². The number of benzene rings is 2. The molecular weight excluding hydrogens is 367 g/mol. The number of carbonyl (C=O) groups excluding carboxylic acids is 2. The van der Waals surface area contributed by atoms with Gasteiger partial charge < -0.3 is 9.80 Å². The van der Waals surface area contributed by atoms with E-state index >= 15 is 0 Å². The summed E-state index contributed by atoms with van der Waals surface area (Å²) in [6.07, 6.45) is 4.32. The van der Waals surface area contributed by atoms with Gasteiger partial charge in [0.2, 0.25) is 11.8 Å². The van der Waals surface area contributed by atoms with Crippen LogP contribution in [0.25, 0.3) is 0 Å². The number of rotatable bonds is 4. The van der Waals surface area contributed by atoms with Crippen LogP contribution in [-0.2, 0) is 22.4 Å². The van der Waals surface area contributed by atoms with Crippen molar-refractivity contribution in [1.82, 2.24) is 4.90 Å². The molecule has 2 amide bonds. The lowest BCUT2D eigenvalue weighted by Gasteiger charge is -2.36. The van der Waals surface area contributed by atoms with Gasteiger partial charge in [-0.25, -0.2) is 4.39 Å². The molecule has 152 valence electrons. The zero-order valence-electron chi connectivity index (χ0n) is 16.6. The quantitative estimate of drug-likeness (QED) is 0.787. The molecule has 1 fully saturated rings. The average Bonchev–Trinajstić information content (AvgIpc) is 2.77. The Labute approximate surface area is 171 Å². The Balaban J connectivity index is 1.32. The maximum atomic E-state index is 13.5. The number of carbonyl (C=O) groups is 2. The van der Waals surface area contributed by atoms with Crippen LogP contribution in [0.2, 0.25) is 0 Å². The summed E-state index contributed by atoms with van der Waals surface area (Å²) < 4.78 is 13.5. The second-order valence-corrected chi connectivity index (χ2v) is 8.01. The topological polar surface area (TPSA) is 40.6 Å². The minimum absolute atomic E-state index is 0.0656. The van der Waals surface area contributed by atoms with Gasteiger partial charge in [0.25, 0.3) is 0 Å². The number of amides is 2. The second kappa shape index (κ2) is 8.76. The zero-order chi connectivity index (χ0) is 20.2. The molecule has 0 bridgehead atoms. The van der Waals surface area contributed by atoms with Crippen molar-refractivity contribution in [3.05, 3.63) is 65.5 Å². The standard InChI is InChI=1S/C24H27FN2O2/c25-21-9-10-22-20(17-21)7-4-14-27(22)24(29)19-12-15-26(16-13-19)23(28)11-8-18-5-2-1-3-6-18/h1-3,5-6,9-10,17,19H,4,7-8,11-16H2. The van der Waals surface area contributed by atoms with Crippen LogP contribution >= 0.6 is 0 Å². The maximum absolute atomic E-state index is 13.5. The van der Waals surface area contributed by atoms with E-state index in [1.165, 1.54) is 11.6 Å². The van der Waals surface area contributed by atoms with Crippen molar-refractivity contribution in [3.8, 4) is 0 Å². The van der Waals surface area contributed by atoms with Crippen LogP contribution in [0.3, 0.4) is 0 Å². The van der Waals surface area contributed by atoms with Crippen LogP contribution in [-0.4, -0.2) is 36.3 Å². The summed E-state index contributed by atoms with van der Waals surface area (Å²) in [4.78, 5) is 29.4. The highest BCUT2D eigenvalue weighted by Crippen LogP contribution is 2.31. The van der Waals surface area contributed by atoms with Gasteiger partial charge in [0, 0.05) is 37.7 Å². The third-order valence-corrected chi connectivity index (χ3v) is 6.09. The molecule has 2 aliphatic rings. The van der Waals surface area contributed by atoms with Crippen LogP contribution in [0.4, 0.5) is 10.1 Å². The number of piperidine rings is 1. The van der Waals surface area contributed by atoms with E-state index in [2.05, 4.69) is 0 Å². The molecule has 2 aromatic rings. The number of anilines is 1. The van der Waals surface area contributed by atoms with E-state index in [-0.39, 0.29) is 23.5 Å². The number of halogens is 1. The molecule has 0 unspecified atom stereocenters. The first-order valence-corrected chi connectivity index (χ1v) is 10.5. The van der Waals surface area contributed by atoms with E-state index in [9.17, 15) is 14.0 Å². The average molecular weight is 394 g/mol. The SMILES string of the molecule is O=C(CCc1ccccc1)N1CCC(C(=O)N2CCCc3cc(F)ccc32)CC1. The molecule has 0 N–H and O–H groups in total. The number of aryl methyl sites for hydroxylation is 2. The molecule has 0 spiro atoms. The first-order valence-electron chi connectivity index (χ1n) is 10.5. The van der Waals surface area contributed by atoms with E-state index in [1.54, 1.807) is 12.1 Å². The minimum Gasteiger partial charge on any atom is -0.343 e. The van der Waals surface area contributed by atoms with E-state index in [4.69, 9.17) is 0 Å². The summed E-state index contributed by atoms with van der Waals surface area (Å²) in [7, 11) is 0. The summed E-state index contributed by atoms with van der Waals surface area (Å²) in [5.41, 5.74) is 2.94. The zero-order valence-corrected chi connectivity index (χ0v) is 16.6. The van der Waals surface area contributed by atoms with Gasteiger partial charge in [0.1, 0.15) is 5.82 Å². The number of hydrogen-bond acceptors (Lipinski definition) is 2. The third kappa shape index (κ3) is 4.50. The fourth-order valence-corrected chi connectivity index (χ4v) is 4.44. The van der Waals surface area contributed by atoms with Gasteiger partial charge in [-0.1, -0.05) is 30.3 Å². The molecule has 0 aromatic heterocycles. The Morgan fingerprint density at radius 2 is 1.76 bits per heavy atom. The summed E-state index contributed by atoms with van der Waals surface area (Å²) in [5, 5.41) is 0. The predicted octanol–water partition coefficient (Wildman–Crippen LogP) is 3.98. The maximum Gasteiger partial charge on any atom is 0.230 e. The van der Waals surface area contributed by atoms with Gasteiger partial charge in [-0.05, 0) is 61.4 Å². The smallest absolute Gasteiger partial charge is 0.230 e. The van der Waals surface area contributed by atoms with Crippen LogP contribution in [0.5, 0.6) is 0 Å². The molecule has 1 saturated heterocycles. The van der Waals surface area contributed by atoms with Crippen LogP contribution < -0.4 is 4.90 Å². The van der Waals surface area contributed by atoms with Crippen molar-refractivity contribution in [2.45, 2.75) is 38.5 Å². The van der Waals surface area contributed by atoms with E-state index in [1.807, 2.05) is 40.1 Å². The monoisotopic (exact) mass is 394 g/mol. The third-order valence-electron chi connectivity index (χ3n) is 6.09. The number of fused-ring (bicyclic) bond motifs is 1. The summed E-state index contributed by atoms with van der Waals surface area (Å²) >= 11 is 0. The highest BCUT2D eigenvalue weighted by atomic mass is 19.1. The fourth-order valence-electron chi connectivity index (χ4n) is 4.44. The molecule has 29 heavy (non-hydrogen) atoms. The summed E-state index contributed by atoms with van der Waals surface area (Å²) in [6.45, 7) is 1.95. The fraction of sp³-hybridized carbons (Fsp3) is 0.417. The first-order chi connectivity index (χ1) is 14.1. The predicted molar refractivity (Wildman–Crippen MR) is 111 cm³/mol. The normalized spacial score (nSPS) is 17.1. The van der Waals surface area contributed by atoms with Gasteiger partial charge in [-0.3, -0.25) is 9.59 Å². The van der Waals surface area contributed by atoms with Crippen molar-refractivity contribution < 1.29 is 14.0 Å². The van der Waals surface area contributed by atoms with Crippen molar-refractivity contribution in [2.75, 3.05) is 24.5 Å². The van der Waals surface area contributed by atoms with Crippen molar-refractivity contribution in [1.29, 1.82) is 0 Å². The molecule has 4 rings (SSSR count). The van der Waals surface area contributed by atoms with Crippen LogP contribution in [0.1, 0.15) is 36.8 Å². The molecule has 2 aliphatic heterocycles. The van der Waals surface area contributed by atoms with Gasteiger partial charge in [0.05, 0.1) is 0 Å². The van der Waals surface area contributed by atoms with E-state index in [0.29, 0.717) is 38.9 Å². The lowest BCUT2D eigenvalue weighted by Crippen LogP contribution is -2.45. The van der Waals surface area contributed by atoms with Gasteiger partial charge in [0.15, 0.2) is 0 Å². The Kier molecular flexibility index (Phi) is 5.93. The molecule has 0 aliphatic carbocycles. The molecule has 0 atom stereocenters. The van der Waals surface area contributed by atoms with Crippen molar-refractivity contribution >= 4 is 17.5 Å².